The Morgan fingerprint density at radius 3 is 3.00 bits per heavy atom. The minimum absolute atomic E-state index is 0.160. The maximum Gasteiger partial charge on any atom is 0.226 e. The highest BCUT2D eigenvalue weighted by Crippen LogP contribution is 2.41. The van der Waals surface area contributed by atoms with Crippen LogP contribution in [0.2, 0.25) is 0 Å². The van der Waals surface area contributed by atoms with Crippen molar-refractivity contribution in [1.29, 1.82) is 0 Å². The summed E-state index contributed by atoms with van der Waals surface area (Å²) >= 11 is 0. The number of methoxy groups -OCH3 is 1. The minimum atomic E-state index is -0.300. The van der Waals surface area contributed by atoms with E-state index in [1.807, 2.05) is 25.1 Å². The van der Waals surface area contributed by atoms with Crippen LogP contribution in [0.15, 0.2) is 35.8 Å². The van der Waals surface area contributed by atoms with E-state index in [1.165, 1.54) is 6.33 Å². The molecule has 130 valence electrons. The van der Waals surface area contributed by atoms with Crippen LogP contribution in [0.1, 0.15) is 37.8 Å². The predicted molar refractivity (Wildman–Crippen MR) is 91.8 cm³/mol. The Balaban J connectivity index is 1.85. The van der Waals surface area contributed by atoms with Crippen LogP contribution in [0.3, 0.4) is 0 Å². The Bertz CT molecular complexity index is 856. The maximum absolute atomic E-state index is 12.7. The van der Waals surface area contributed by atoms with E-state index in [2.05, 4.69) is 15.4 Å². The summed E-state index contributed by atoms with van der Waals surface area (Å²) in [5, 5.41) is 7.60. The fraction of sp³-hybridized carbons (Fsp3) is 0.389. The van der Waals surface area contributed by atoms with Gasteiger partial charge in [-0.2, -0.15) is 10.1 Å². The van der Waals surface area contributed by atoms with E-state index >= 15 is 0 Å². The van der Waals surface area contributed by atoms with Crippen molar-refractivity contribution in [2.24, 2.45) is 0 Å². The normalized spacial score (nSPS) is 19.1. The van der Waals surface area contributed by atoms with Crippen molar-refractivity contribution in [1.82, 2.24) is 14.8 Å². The quantitative estimate of drug-likeness (QED) is 0.922. The largest absolute Gasteiger partial charge is 0.493 e. The number of allylic oxidation sites excluding steroid dienone is 2. The molecule has 2 aliphatic rings. The number of carbonyl (C=O) groups is 1. The zero-order chi connectivity index (χ0) is 17.4. The van der Waals surface area contributed by atoms with E-state index in [4.69, 9.17) is 9.47 Å². The molecule has 0 radical (unpaired) electrons. The lowest BCUT2D eigenvalue weighted by molar-refractivity contribution is -0.116. The number of fused-ring (bicyclic) bond motifs is 1. The lowest BCUT2D eigenvalue weighted by atomic mass is 9.85. The first kappa shape index (κ1) is 15.7. The molecule has 1 aromatic heterocycles. The molecule has 1 aromatic carbocycles. The van der Waals surface area contributed by atoms with Gasteiger partial charge in [0.05, 0.1) is 13.7 Å². The van der Waals surface area contributed by atoms with Gasteiger partial charge in [0, 0.05) is 17.7 Å². The van der Waals surface area contributed by atoms with Crippen molar-refractivity contribution < 1.29 is 14.3 Å². The lowest BCUT2D eigenvalue weighted by Crippen LogP contribution is -2.31. The Hall–Kier alpha value is -2.83. The number of hydrogen-bond donors (Lipinski definition) is 1. The molecule has 0 unspecified atom stereocenters. The molecule has 0 saturated heterocycles. The number of ether oxygens (including phenoxy) is 2. The number of hydrogen-bond acceptors (Lipinski definition) is 6. The van der Waals surface area contributed by atoms with Gasteiger partial charge in [0.1, 0.15) is 12.4 Å². The minimum Gasteiger partial charge on any atom is -0.493 e. The maximum atomic E-state index is 12.7. The van der Waals surface area contributed by atoms with Crippen LogP contribution in [0.25, 0.3) is 0 Å². The molecule has 1 N–H and O–H groups in total. The predicted octanol–water partition coefficient (Wildman–Crippen LogP) is 2.71. The van der Waals surface area contributed by atoms with Gasteiger partial charge in [-0.25, -0.2) is 4.68 Å². The second-order valence-corrected chi connectivity index (χ2v) is 6.07. The number of Topliss-reactive ketones (excluding diaryl/α,β-unsaturated/α-hetero) is 1. The summed E-state index contributed by atoms with van der Waals surface area (Å²) in [4.78, 5) is 16.9. The first-order valence-corrected chi connectivity index (χ1v) is 8.46. The van der Waals surface area contributed by atoms with Crippen molar-refractivity contribution >= 4 is 11.7 Å². The molecule has 7 nitrogen and oxygen atoms in total. The van der Waals surface area contributed by atoms with Gasteiger partial charge in [-0.15, -0.1) is 0 Å². The molecule has 1 aliphatic carbocycles. The Morgan fingerprint density at radius 1 is 1.32 bits per heavy atom. The molecule has 7 heteroatoms. The van der Waals surface area contributed by atoms with Crippen LogP contribution in [-0.4, -0.2) is 34.3 Å². The number of rotatable bonds is 4. The molecule has 0 amide bonds. The Morgan fingerprint density at radius 2 is 2.20 bits per heavy atom. The molecule has 2 aromatic rings. The van der Waals surface area contributed by atoms with Crippen LogP contribution >= 0.6 is 0 Å². The molecule has 0 saturated carbocycles. The van der Waals surface area contributed by atoms with Crippen LogP contribution in [0, 0.1) is 0 Å². The first-order chi connectivity index (χ1) is 12.2. The van der Waals surface area contributed by atoms with Gasteiger partial charge in [-0.05, 0) is 37.5 Å². The van der Waals surface area contributed by atoms with E-state index in [-0.39, 0.29) is 11.8 Å². The summed E-state index contributed by atoms with van der Waals surface area (Å²) in [6.07, 6.45) is 3.77. The summed E-state index contributed by atoms with van der Waals surface area (Å²) in [7, 11) is 1.61. The van der Waals surface area contributed by atoms with Crippen LogP contribution < -0.4 is 14.8 Å². The summed E-state index contributed by atoms with van der Waals surface area (Å²) in [5.74, 6) is 2.15. The SMILES string of the molecule is CCOc1ccc([C@@H]2C3=C(CCCC3=O)Nc3ncnn32)cc1OC. The molecule has 1 aliphatic heterocycles. The van der Waals surface area contributed by atoms with Crippen molar-refractivity contribution in [3.8, 4) is 11.5 Å². The molecular formula is C18H20N4O3. The van der Waals surface area contributed by atoms with Gasteiger partial charge in [-0.1, -0.05) is 6.07 Å². The smallest absolute Gasteiger partial charge is 0.226 e. The summed E-state index contributed by atoms with van der Waals surface area (Å²) < 4.78 is 12.8. The van der Waals surface area contributed by atoms with Gasteiger partial charge in [0.25, 0.3) is 0 Å². The zero-order valence-electron chi connectivity index (χ0n) is 14.3. The second-order valence-electron chi connectivity index (χ2n) is 6.07. The van der Waals surface area contributed by atoms with E-state index in [0.29, 0.717) is 30.5 Å². The number of aromatic nitrogens is 3. The topological polar surface area (TPSA) is 78.3 Å². The molecule has 1 atom stereocenters. The van der Waals surface area contributed by atoms with Crippen molar-refractivity contribution in [2.75, 3.05) is 19.0 Å². The number of nitrogens with zero attached hydrogens (tertiary/aromatic N) is 3. The average molecular weight is 340 g/mol. The molecule has 0 fully saturated rings. The summed E-state index contributed by atoms with van der Waals surface area (Å²) in [5.41, 5.74) is 2.65. The number of anilines is 1. The molecule has 0 spiro atoms. The molecular weight excluding hydrogens is 320 g/mol. The Labute approximate surface area is 145 Å². The molecule has 4 rings (SSSR count). The van der Waals surface area contributed by atoms with Crippen LogP contribution in [-0.2, 0) is 4.79 Å². The van der Waals surface area contributed by atoms with Crippen LogP contribution in [0.5, 0.6) is 11.5 Å². The van der Waals surface area contributed by atoms with Gasteiger partial charge < -0.3 is 14.8 Å². The number of benzene rings is 1. The molecule has 2 heterocycles. The van der Waals surface area contributed by atoms with Crippen molar-refractivity contribution in [3.05, 3.63) is 41.4 Å². The highest BCUT2D eigenvalue weighted by molar-refractivity contribution is 5.99. The van der Waals surface area contributed by atoms with E-state index in [0.717, 1.165) is 29.7 Å². The van der Waals surface area contributed by atoms with Crippen molar-refractivity contribution in [3.63, 3.8) is 0 Å². The number of ketones is 1. The monoisotopic (exact) mass is 340 g/mol. The zero-order valence-corrected chi connectivity index (χ0v) is 14.3. The van der Waals surface area contributed by atoms with E-state index in [1.54, 1.807) is 11.8 Å². The number of carbonyl (C=O) groups excluding carboxylic acids is 1. The highest BCUT2D eigenvalue weighted by atomic mass is 16.5. The van der Waals surface area contributed by atoms with Gasteiger partial charge in [-0.3, -0.25) is 4.79 Å². The lowest BCUT2D eigenvalue weighted by Gasteiger charge is -2.32. The summed E-state index contributed by atoms with van der Waals surface area (Å²) in [6, 6.07) is 5.45. The third kappa shape index (κ3) is 2.56. The standard InChI is InChI=1S/C18H20N4O3/c1-3-25-14-8-7-11(9-15(14)24-2)17-16-12(5-4-6-13(16)23)21-18-19-10-20-22(17)18/h7-10,17H,3-6H2,1-2H3,(H,19,20,21)/t17-/m1/s1. The highest BCUT2D eigenvalue weighted by Gasteiger charge is 2.36. The van der Waals surface area contributed by atoms with Crippen molar-refractivity contribution in [2.45, 2.75) is 32.2 Å². The fourth-order valence-corrected chi connectivity index (χ4v) is 3.53. The third-order valence-corrected chi connectivity index (χ3v) is 4.61. The van der Waals surface area contributed by atoms with Gasteiger partial charge in [0.2, 0.25) is 5.95 Å². The summed E-state index contributed by atoms with van der Waals surface area (Å²) in [6.45, 7) is 2.49. The van der Waals surface area contributed by atoms with Gasteiger partial charge >= 0.3 is 0 Å². The van der Waals surface area contributed by atoms with Crippen LogP contribution in [0.4, 0.5) is 5.95 Å². The second kappa shape index (κ2) is 6.23. The number of nitrogens with one attached hydrogen (secondary N) is 1. The first-order valence-electron chi connectivity index (χ1n) is 8.46. The fourth-order valence-electron chi connectivity index (χ4n) is 3.53. The average Bonchev–Trinajstić information content (AvgIpc) is 3.09. The third-order valence-electron chi connectivity index (χ3n) is 4.61. The van der Waals surface area contributed by atoms with E-state index in [9.17, 15) is 4.79 Å². The molecule has 0 bridgehead atoms. The van der Waals surface area contributed by atoms with E-state index < -0.39 is 0 Å². The Kier molecular flexibility index (Phi) is 3.91. The van der Waals surface area contributed by atoms with Gasteiger partial charge in [0.15, 0.2) is 17.3 Å². The molecule has 25 heavy (non-hydrogen) atoms.